The van der Waals surface area contributed by atoms with Crippen molar-refractivity contribution in [1.29, 1.82) is 5.26 Å². The molecule has 1 heterocycles. The van der Waals surface area contributed by atoms with E-state index in [-0.39, 0.29) is 11.3 Å². The fourth-order valence-electron chi connectivity index (χ4n) is 4.26. The fraction of sp³-hybridized carbons (Fsp3) is 0.148. The Bertz CT molecular complexity index is 1680. The van der Waals surface area contributed by atoms with Crippen LogP contribution >= 0.6 is 0 Å². The second kappa shape index (κ2) is 8.88. The van der Waals surface area contributed by atoms with E-state index in [1.54, 1.807) is 6.07 Å². The molecule has 35 heavy (non-hydrogen) atoms. The van der Waals surface area contributed by atoms with Crippen molar-refractivity contribution in [2.24, 2.45) is 4.99 Å². The first-order chi connectivity index (χ1) is 17.0. The minimum Gasteiger partial charge on any atom is -0.453 e. The highest BCUT2D eigenvalue weighted by Crippen LogP contribution is 2.32. The third-order valence-electron chi connectivity index (χ3n) is 6.04. The van der Waals surface area contributed by atoms with Crippen LogP contribution in [-0.2, 0) is 0 Å². The largest absolute Gasteiger partial charge is 0.453 e. The summed E-state index contributed by atoms with van der Waals surface area (Å²) >= 11 is 0. The van der Waals surface area contributed by atoms with Gasteiger partial charge in [-0.25, -0.2) is 9.98 Å². The summed E-state index contributed by atoms with van der Waals surface area (Å²) < 4.78 is 6.32. The van der Waals surface area contributed by atoms with Crippen LogP contribution in [0.5, 0.6) is 0 Å². The first-order valence-corrected chi connectivity index (χ1v) is 11.3. The van der Waals surface area contributed by atoms with Gasteiger partial charge >= 0.3 is 0 Å². The molecule has 5 rings (SSSR count). The van der Waals surface area contributed by atoms with E-state index in [0.717, 1.165) is 35.1 Å². The van der Waals surface area contributed by atoms with Crippen LogP contribution in [0.2, 0.25) is 0 Å². The molecule has 172 valence electrons. The molecule has 0 radical (unpaired) electrons. The van der Waals surface area contributed by atoms with Gasteiger partial charge in [-0.15, -0.1) is 0 Å². The molecule has 0 N–H and O–H groups in total. The third-order valence-corrected chi connectivity index (χ3v) is 6.04. The number of nitrogens with zero attached hydrogens (tertiary/aromatic N) is 5. The molecule has 0 aromatic heterocycles. The summed E-state index contributed by atoms with van der Waals surface area (Å²) in [5.41, 5.74) is 3.51. The summed E-state index contributed by atoms with van der Waals surface area (Å²) in [6.45, 7) is 5.98. The predicted molar refractivity (Wildman–Crippen MR) is 135 cm³/mol. The van der Waals surface area contributed by atoms with Crippen LogP contribution in [0.1, 0.15) is 19.4 Å². The molecule has 3 aromatic carbocycles. The standard InChI is InChI=1S/C27H21N5O3/c1-3-31(4-2)18-9-12-23-25(14-18)35-26-15-24(20-7-5-6-8-21(20)27(26)30-23)29-22-11-10-19(32(33)34)13-17(22)16-28/h5-15H,3-4H2,1-2H3. The van der Waals surface area contributed by atoms with E-state index in [9.17, 15) is 15.4 Å². The van der Waals surface area contributed by atoms with Crippen molar-refractivity contribution in [2.75, 3.05) is 18.0 Å². The van der Waals surface area contributed by atoms with Gasteiger partial charge in [0.25, 0.3) is 5.69 Å². The van der Waals surface area contributed by atoms with Gasteiger partial charge in [-0.3, -0.25) is 10.1 Å². The lowest BCUT2D eigenvalue weighted by Gasteiger charge is -2.21. The van der Waals surface area contributed by atoms with Gasteiger partial charge in [-0.1, -0.05) is 24.3 Å². The summed E-state index contributed by atoms with van der Waals surface area (Å²) in [6.07, 6.45) is 0. The van der Waals surface area contributed by atoms with Gasteiger partial charge in [0, 0.05) is 53.8 Å². The Labute approximate surface area is 200 Å². The van der Waals surface area contributed by atoms with E-state index in [1.807, 2.05) is 48.5 Å². The molecule has 0 saturated carbocycles. The van der Waals surface area contributed by atoms with Gasteiger partial charge in [0.1, 0.15) is 17.3 Å². The Morgan fingerprint density at radius 3 is 2.54 bits per heavy atom. The molecule has 0 spiro atoms. The second-order valence-corrected chi connectivity index (χ2v) is 8.01. The number of nitro groups is 1. The van der Waals surface area contributed by atoms with Crippen LogP contribution in [0.3, 0.4) is 0 Å². The molecular weight excluding hydrogens is 442 g/mol. The number of nitro benzene ring substituents is 1. The minimum atomic E-state index is -0.530. The van der Waals surface area contributed by atoms with Gasteiger partial charge in [-0.05, 0) is 32.0 Å². The highest BCUT2D eigenvalue weighted by Gasteiger charge is 2.16. The van der Waals surface area contributed by atoms with E-state index in [1.165, 1.54) is 18.2 Å². The monoisotopic (exact) mass is 463 g/mol. The van der Waals surface area contributed by atoms with E-state index >= 15 is 0 Å². The van der Waals surface area contributed by atoms with Crippen molar-refractivity contribution < 1.29 is 9.34 Å². The molecule has 0 saturated heterocycles. The average molecular weight is 463 g/mol. The van der Waals surface area contributed by atoms with Gasteiger partial charge < -0.3 is 9.32 Å². The highest BCUT2D eigenvalue weighted by atomic mass is 16.6. The lowest BCUT2D eigenvalue weighted by molar-refractivity contribution is -0.384. The number of benzene rings is 4. The Balaban J connectivity index is 1.78. The second-order valence-electron chi connectivity index (χ2n) is 8.01. The molecule has 1 aliphatic carbocycles. The fourth-order valence-corrected chi connectivity index (χ4v) is 4.26. The molecule has 0 atom stereocenters. The van der Waals surface area contributed by atoms with Crippen LogP contribution in [0.25, 0.3) is 33.3 Å². The van der Waals surface area contributed by atoms with Gasteiger partial charge in [0.2, 0.25) is 0 Å². The zero-order chi connectivity index (χ0) is 24.5. The number of hydrogen-bond acceptors (Lipinski definition) is 7. The van der Waals surface area contributed by atoms with Crippen molar-refractivity contribution in [3.8, 4) is 17.5 Å². The van der Waals surface area contributed by atoms with Crippen LogP contribution in [0.15, 0.2) is 76.1 Å². The first-order valence-electron chi connectivity index (χ1n) is 11.3. The number of non-ortho nitro benzene ring substituents is 1. The molecule has 0 unspecified atom stereocenters. The van der Waals surface area contributed by atoms with Crippen LogP contribution < -0.4 is 10.3 Å². The maximum Gasteiger partial charge on any atom is 0.270 e. The Morgan fingerprint density at radius 2 is 1.83 bits per heavy atom. The van der Waals surface area contributed by atoms with Crippen LogP contribution in [-0.4, -0.2) is 23.0 Å². The summed E-state index contributed by atoms with van der Waals surface area (Å²) in [7, 11) is 0. The van der Waals surface area contributed by atoms with Gasteiger partial charge in [0.15, 0.2) is 11.3 Å². The molecule has 8 nitrogen and oxygen atoms in total. The normalized spacial score (nSPS) is 11.7. The predicted octanol–water partition coefficient (Wildman–Crippen LogP) is 5.94. The van der Waals surface area contributed by atoms with Crippen molar-refractivity contribution in [3.05, 3.63) is 87.8 Å². The lowest BCUT2D eigenvalue weighted by atomic mass is 10.0. The molecule has 8 heteroatoms. The number of rotatable bonds is 5. The van der Waals surface area contributed by atoms with E-state index in [2.05, 4.69) is 18.7 Å². The zero-order valence-corrected chi connectivity index (χ0v) is 19.2. The molecule has 0 amide bonds. The van der Waals surface area contributed by atoms with E-state index in [4.69, 9.17) is 14.4 Å². The summed E-state index contributed by atoms with van der Waals surface area (Å²) in [6, 6.07) is 21.6. The Morgan fingerprint density at radius 1 is 1.06 bits per heavy atom. The summed E-state index contributed by atoms with van der Waals surface area (Å²) in [4.78, 5) is 22.4. The maximum atomic E-state index is 11.1. The molecule has 1 aliphatic heterocycles. The third kappa shape index (κ3) is 3.93. The van der Waals surface area contributed by atoms with Crippen LogP contribution in [0.4, 0.5) is 17.1 Å². The van der Waals surface area contributed by atoms with Crippen molar-refractivity contribution in [3.63, 3.8) is 0 Å². The summed E-state index contributed by atoms with van der Waals surface area (Å²) in [5.74, 6) is 0.562. The van der Waals surface area contributed by atoms with Gasteiger partial charge in [0.05, 0.1) is 21.5 Å². The highest BCUT2D eigenvalue weighted by molar-refractivity contribution is 5.96. The number of anilines is 1. The number of nitriles is 1. The maximum absolute atomic E-state index is 11.1. The molecule has 0 fully saturated rings. The molecule has 3 aromatic rings. The molecular formula is C27H21N5O3. The Hall–Kier alpha value is -4.77. The number of aromatic nitrogens is 1. The lowest BCUT2D eigenvalue weighted by Crippen LogP contribution is -2.21. The number of fused-ring (bicyclic) bond motifs is 4. The minimum absolute atomic E-state index is 0.126. The Kier molecular flexibility index (Phi) is 5.59. The zero-order valence-electron chi connectivity index (χ0n) is 19.2. The topological polar surface area (TPSA) is 109 Å². The quantitative estimate of drug-likeness (QED) is 0.138. The smallest absolute Gasteiger partial charge is 0.270 e. The van der Waals surface area contributed by atoms with Crippen molar-refractivity contribution in [1.82, 2.24) is 4.98 Å². The van der Waals surface area contributed by atoms with E-state index < -0.39 is 4.92 Å². The van der Waals surface area contributed by atoms with E-state index in [0.29, 0.717) is 28.1 Å². The molecule has 0 bridgehead atoms. The summed E-state index contributed by atoms with van der Waals surface area (Å²) in [5, 5.41) is 23.0. The van der Waals surface area contributed by atoms with Crippen molar-refractivity contribution >= 4 is 38.9 Å². The van der Waals surface area contributed by atoms with Crippen LogP contribution in [0, 0.1) is 21.4 Å². The number of hydrogen-bond donors (Lipinski definition) is 0. The molecule has 2 aliphatic rings. The SMILES string of the molecule is CCN(CC)c1ccc2nc3c4ccccc4c(=Nc4ccc([N+](=O)[O-])cc4C#N)cc-3oc2c1. The first kappa shape index (κ1) is 22.0. The average Bonchev–Trinajstić information content (AvgIpc) is 2.88. The van der Waals surface area contributed by atoms with Gasteiger partial charge in [-0.2, -0.15) is 5.26 Å². The van der Waals surface area contributed by atoms with Crippen molar-refractivity contribution in [2.45, 2.75) is 13.8 Å².